The number of amides is 4. The van der Waals surface area contributed by atoms with Crippen molar-refractivity contribution in [3.05, 3.63) is 95.2 Å². The van der Waals surface area contributed by atoms with Crippen LogP contribution in [0.5, 0.6) is 11.5 Å². The Bertz CT molecular complexity index is 1600. The lowest BCUT2D eigenvalue weighted by molar-refractivity contribution is -0.138. The molecule has 2 atom stereocenters. The van der Waals surface area contributed by atoms with Crippen LogP contribution in [-0.2, 0) is 22.4 Å². The van der Waals surface area contributed by atoms with E-state index in [2.05, 4.69) is 10.3 Å². The van der Waals surface area contributed by atoms with Crippen molar-refractivity contribution >= 4 is 28.7 Å². The van der Waals surface area contributed by atoms with Gasteiger partial charge in [0.2, 0.25) is 5.91 Å². The van der Waals surface area contributed by atoms with Crippen LogP contribution in [0.1, 0.15) is 28.3 Å². The van der Waals surface area contributed by atoms with E-state index in [4.69, 9.17) is 9.47 Å². The third-order valence-corrected chi connectivity index (χ3v) is 7.81. The lowest BCUT2D eigenvalue weighted by Crippen LogP contribution is -2.47. The van der Waals surface area contributed by atoms with Crippen LogP contribution in [-0.4, -0.2) is 66.0 Å². The molecular weight excluding hydrogens is 508 g/mol. The average molecular weight is 539 g/mol. The second-order valence-electron chi connectivity index (χ2n) is 10.0. The van der Waals surface area contributed by atoms with Gasteiger partial charge in [0, 0.05) is 30.1 Å². The fourth-order valence-electron chi connectivity index (χ4n) is 5.82. The predicted molar refractivity (Wildman–Crippen MR) is 149 cm³/mol. The molecule has 0 radical (unpaired) electrons. The van der Waals surface area contributed by atoms with Crippen molar-refractivity contribution in [1.82, 2.24) is 20.1 Å². The molecule has 1 fully saturated rings. The van der Waals surface area contributed by atoms with Gasteiger partial charge in [-0.25, -0.2) is 4.79 Å². The molecule has 4 amide bonds. The van der Waals surface area contributed by atoms with E-state index in [0.29, 0.717) is 30.9 Å². The number of benzene rings is 3. The largest absolute Gasteiger partial charge is 0.493 e. The molecule has 0 bridgehead atoms. The Hall–Kier alpha value is -4.79. The van der Waals surface area contributed by atoms with E-state index in [9.17, 15) is 14.4 Å². The first-order chi connectivity index (χ1) is 19.5. The van der Waals surface area contributed by atoms with E-state index in [1.54, 1.807) is 19.1 Å². The molecule has 3 heterocycles. The summed E-state index contributed by atoms with van der Waals surface area (Å²) in [4.78, 5) is 46.0. The van der Waals surface area contributed by atoms with Crippen LogP contribution in [0.15, 0.2) is 72.9 Å². The molecule has 9 nitrogen and oxygen atoms in total. The van der Waals surface area contributed by atoms with Crippen molar-refractivity contribution in [2.75, 3.05) is 27.3 Å². The van der Waals surface area contributed by atoms with Crippen LogP contribution in [0.2, 0.25) is 0 Å². The average Bonchev–Trinajstić information content (AvgIpc) is 3.51. The first-order valence-electron chi connectivity index (χ1n) is 13.2. The molecule has 40 heavy (non-hydrogen) atoms. The molecule has 9 heteroatoms. The van der Waals surface area contributed by atoms with E-state index >= 15 is 0 Å². The first-order valence-corrected chi connectivity index (χ1v) is 13.2. The molecule has 2 aliphatic heterocycles. The monoisotopic (exact) mass is 538 g/mol. The number of rotatable bonds is 7. The van der Waals surface area contributed by atoms with Gasteiger partial charge in [0.05, 0.1) is 20.3 Å². The molecule has 6 rings (SSSR count). The highest BCUT2D eigenvalue weighted by atomic mass is 16.5. The smallest absolute Gasteiger partial charge is 0.325 e. The summed E-state index contributed by atoms with van der Waals surface area (Å²) >= 11 is 0. The molecule has 2 aliphatic rings. The number of nitrogens with one attached hydrogen (secondary N) is 2. The summed E-state index contributed by atoms with van der Waals surface area (Å²) in [5.74, 6) is 0.508. The minimum Gasteiger partial charge on any atom is -0.493 e. The molecule has 0 saturated carbocycles. The maximum atomic E-state index is 13.8. The number of fused-ring (bicyclic) bond motifs is 2. The number of hydrogen-bond acceptors (Lipinski definition) is 5. The lowest BCUT2D eigenvalue weighted by atomic mass is 9.87. The second kappa shape index (κ2) is 10.4. The number of ether oxygens (including phenoxy) is 2. The minimum absolute atomic E-state index is 0.300. The van der Waals surface area contributed by atoms with Crippen LogP contribution in [0, 0.1) is 0 Å². The molecule has 4 aromatic rings. The molecule has 0 aliphatic carbocycles. The number of aromatic nitrogens is 1. The van der Waals surface area contributed by atoms with Crippen molar-refractivity contribution in [3.8, 4) is 11.5 Å². The Morgan fingerprint density at radius 3 is 2.48 bits per heavy atom. The fourth-order valence-corrected chi connectivity index (χ4v) is 5.82. The number of H-pyrrole nitrogens is 1. The summed E-state index contributed by atoms with van der Waals surface area (Å²) in [6.07, 6.45) is 2.80. The topological polar surface area (TPSA) is 104 Å². The van der Waals surface area contributed by atoms with Gasteiger partial charge in [-0.15, -0.1) is 0 Å². The summed E-state index contributed by atoms with van der Waals surface area (Å²) in [5.41, 5.74) is 4.82. The zero-order chi connectivity index (χ0) is 27.8. The number of imide groups is 1. The quantitative estimate of drug-likeness (QED) is 0.348. The number of hydrogen-bond donors (Lipinski definition) is 2. The molecule has 1 saturated heterocycles. The van der Waals surface area contributed by atoms with Crippen molar-refractivity contribution in [2.45, 2.75) is 24.9 Å². The number of para-hydroxylation sites is 1. The predicted octanol–water partition coefficient (Wildman–Crippen LogP) is 3.82. The Labute approximate surface area is 231 Å². The third kappa shape index (κ3) is 4.43. The van der Waals surface area contributed by atoms with Crippen molar-refractivity contribution < 1.29 is 23.9 Å². The maximum Gasteiger partial charge on any atom is 0.325 e. The van der Waals surface area contributed by atoms with Gasteiger partial charge in [-0.1, -0.05) is 48.5 Å². The zero-order valence-electron chi connectivity index (χ0n) is 22.3. The number of aromatic amines is 1. The highest BCUT2D eigenvalue weighted by Crippen LogP contribution is 2.41. The number of methoxy groups -OCH3 is 2. The van der Waals surface area contributed by atoms with Gasteiger partial charge < -0.3 is 24.7 Å². The number of nitrogens with zero attached hydrogens (tertiary/aromatic N) is 2. The fraction of sp³-hybridized carbons (Fsp3) is 0.258. The summed E-state index contributed by atoms with van der Waals surface area (Å²) in [5, 5.41) is 3.78. The number of urea groups is 1. The highest BCUT2D eigenvalue weighted by molar-refractivity contribution is 6.07. The Morgan fingerprint density at radius 2 is 1.70 bits per heavy atom. The summed E-state index contributed by atoms with van der Waals surface area (Å²) in [7, 11) is 3.18. The minimum atomic E-state index is -0.733. The van der Waals surface area contributed by atoms with Crippen molar-refractivity contribution in [2.24, 2.45) is 0 Å². The Kier molecular flexibility index (Phi) is 6.63. The SMILES string of the molecule is COc1cc2c(cc1OC)[C@@H](c1ccccc1)N(C(=O)CN1C(=O)N[C@@H](Cc3c[nH]c4ccccc34)C1=O)CC2. The second-order valence-corrected chi connectivity index (χ2v) is 10.0. The molecule has 204 valence electrons. The Morgan fingerprint density at radius 1 is 0.975 bits per heavy atom. The van der Waals surface area contributed by atoms with Crippen LogP contribution in [0.4, 0.5) is 4.79 Å². The zero-order valence-corrected chi connectivity index (χ0v) is 22.3. The maximum absolute atomic E-state index is 13.8. The third-order valence-electron chi connectivity index (χ3n) is 7.81. The number of carbonyl (C=O) groups is 3. The normalized spacial score (nSPS) is 18.6. The molecule has 2 N–H and O–H groups in total. The van der Waals surface area contributed by atoms with E-state index in [0.717, 1.165) is 38.1 Å². The molecule has 0 spiro atoms. The van der Waals surface area contributed by atoms with E-state index in [1.807, 2.05) is 72.9 Å². The van der Waals surface area contributed by atoms with Crippen LogP contribution in [0.3, 0.4) is 0 Å². The summed E-state index contributed by atoms with van der Waals surface area (Å²) in [6.45, 7) is 0.101. The van der Waals surface area contributed by atoms with Crippen LogP contribution >= 0.6 is 0 Å². The van der Waals surface area contributed by atoms with E-state index < -0.39 is 24.0 Å². The van der Waals surface area contributed by atoms with E-state index in [-0.39, 0.29) is 12.5 Å². The van der Waals surface area contributed by atoms with Crippen molar-refractivity contribution in [3.63, 3.8) is 0 Å². The van der Waals surface area contributed by atoms with Gasteiger partial charge in [-0.2, -0.15) is 0 Å². The Balaban J connectivity index is 1.25. The van der Waals surface area contributed by atoms with Gasteiger partial charge in [0.25, 0.3) is 5.91 Å². The molecule has 1 aromatic heterocycles. The summed E-state index contributed by atoms with van der Waals surface area (Å²) < 4.78 is 11.1. The lowest BCUT2D eigenvalue weighted by Gasteiger charge is -2.38. The first kappa shape index (κ1) is 25.5. The van der Waals surface area contributed by atoms with Crippen LogP contribution < -0.4 is 14.8 Å². The van der Waals surface area contributed by atoms with Crippen molar-refractivity contribution in [1.29, 1.82) is 0 Å². The summed E-state index contributed by atoms with van der Waals surface area (Å²) in [6, 6.07) is 19.7. The van der Waals surface area contributed by atoms with Gasteiger partial charge in [-0.05, 0) is 46.9 Å². The van der Waals surface area contributed by atoms with Gasteiger partial charge in [0.1, 0.15) is 12.6 Å². The van der Waals surface area contributed by atoms with Gasteiger partial charge >= 0.3 is 6.03 Å². The molecule has 0 unspecified atom stereocenters. The molecule has 3 aromatic carbocycles. The number of carbonyl (C=O) groups excluding carboxylic acids is 3. The highest BCUT2D eigenvalue weighted by Gasteiger charge is 2.41. The molecular formula is C31H30N4O5. The van der Waals surface area contributed by atoms with Gasteiger partial charge in [0.15, 0.2) is 11.5 Å². The van der Waals surface area contributed by atoms with Crippen LogP contribution in [0.25, 0.3) is 10.9 Å². The standard InChI is InChI=1S/C31H30N4O5/c1-39-26-15-20-12-13-34(29(19-8-4-3-5-9-19)23(20)16-27(26)40-2)28(36)18-35-30(37)25(33-31(35)38)14-21-17-32-24-11-7-6-10-22(21)24/h3-11,15-17,25,29,32H,12-14,18H2,1-2H3,(H,33,38)/t25-,29+/m0/s1. The van der Waals surface area contributed by atoms with Gasteiger partial charge in [-0.3, -0.25) is 14.5 Å². The van der Waals surface area contributed by atoms with E-state index in [1.165, 1.54) is 0 Å².